The fraction of sp³-hybridized carbons (Fsp3) is 0.481. The Morgan fingerprint density at radius 1 is 1.14 bits per heavy atom. The number of nitrogens with zero attached hydrogens (tertiary/aromatic N) is 1. The van der Waals surface area contributed by atoms with Crippen LogP contribution in [0.15, 0.2) is 48.5 Å². The summed E-state index contributed by atoms with van der Waals surface area (Å²) in [5.74, 6) is 0.577. The molecule has 2 fully saturated rings. The van der Waals surface area contributed by atoms with Crippen LogP contribution < -0.4 is 15.8 Å². The van der Waals surface area contributed by atoms with Crippen molar-refractivity contribution >= 4 is 23.4 Å². The minimum absolute atomic E-state index is 0.249. The molecule has 0 aromatic heterocycles. The van der Waals surface area contributed by atoms with Crippen LogP contribution in [0.25, 0.3) is 0 Å². The molecule has 4 rings (SSSR count). The van der Waals surface area contributed by atoms with Gasteiger partial charge in [-0.2, -0.15) is 13.2 Å². The van der Waals surface area contributed by atoms with Gasteiger partial charge in [0.25, 0.3) is 11.8 Å². The molecule has 1 saturated heterocycles. The molecule has 6 nitrogen and oxygen atoms in total. The molecule has 0 spiro atoms. The third-order valence-electron chi connectivity index (χ3n) is 7.59. The number of rotatable bonds is 8. The number of likely N-dealkylation sites (tertiary alicyclic amines) is 1. The van der Waals surface area contributed by atoms with Crippen LogP contribution in [-0.4, -0.2) is 49.6 Å². The molecule has 1 heterocycles. The fourth-order valence-electron chi connectivity index (χ4n) is 5.30. The molecule has 2 aromatic carbocycles. The third kappa shape index (κ3) is 5.72. The number of ether oxygens (including phenoxy) is 1. The van der Waals surface area contributed by atoms with E-state index in [9.17, 15) is 22.8 Å². The van der Waals surface area contributed by atoms with E-state index in [1.807, 2.05) is 0 Å². The van der Waals surface area contributed by atoms with Gasteiger partial charge in [-0.15, -0.1) is 0 Å². The number of benzene rings is 2. The van der Waals surface area contributed by atoms with E-state index in [1.54, 1.807) is 24.3 Å². The highest BCUT2D eigenvalue weighted by molar-refractivity contribution is 6.34. The van der Waals surface area contributed by atoms with Crippen LogP contribution in [0, 0.1) is 17.8 Å². The first kappa shape index (κ1) is 27.3. The first-order valence-corrected chi connectivity index (χ1v) is 12.8. The maximum Gasteiger partial charge on any atom is 0.419 e. The van der Waals surface area contributed by atoms with E-state index >= 15 is 0 Å². The van der Waals surface area contributed by atoms with Crippen molar-refractivity contribution in [2.24, 2.45) is 23.5 Å². The Bertz CT molecular complexity index is 1120. The Labute approximate surface area is 219 Å². The molecular formula is C27H31ClF3N3O3. The SMILES string of the molecule is CNC(=O)c1ccc(OCC[C@@H]2C[C@@H]2C2CCN(C(=O)[C@](N)(c3ccccc3)C(F)(F)F)CC2)cc1Cl. The second-order valence-electron chi connectivity index (χ2n) is 9.82. The van der Waals surface area contributed by atoms with Crippen LogP contribution >= 0.6 is 11.6 Å². The van der Waals surface area contributed by atoms with Crippen molar-refractivity contribution in [3.63, 3.8) is 0 Å². The lowest BCUT2D eigenvalue weighted by molar-refractivity contribution is -0.201. The largest absolute Gasteiger partial charge is 0.494 e. The number of alkyl halides is 3. The predicted octanol–water partition coefficient (Wildman–Crippen LogP) is 4.76. The molecule has 2 aliphatic rings. The molecule has 1 aliphatic carbocycles. The number of piperidine rings is 1. The molecular weight excluding hydrogens is 507 g/mol. The van der Waals surface area contributed by atoms with Crippen molar-refractivity contribution in [2.45, 2.75) is 37.4 Å². The number of nitrogens with one attached hydrogen (secondary N) is 1. The van der Waals surface area contributed by atoms with Crippen molar-refractivity contribution in [1.29, 1.82) is 0 Å². The number of carbonyl (C=O) groups excluding carboxylic acids is 2. The molecule has 2 aromatic rings. The van der Waals surface area contributed by atoms with Crippen molar-refractivity contribution in [2.75, 3.05) is 26.7 Å². The van der Waals surface area contributed by atoms with Crippen LogP contribution in [0.5, 0.6) is 5.75 Å². The first-order valence-electron chi connectivity index (χ1n) is 12.4. The third-order valence-corrected chi connectivity index (χ3v) is 7.91. The van der Waals surface area contributed by atoms with E-state index in [-0.39, 0.29) is 24.6 Å². The topological polar surface area (TPSA) is 84.7 Å². The minimum atomic E-state index is -4.91. The van der Waals surface area contributed by atoms with E-state index in [0.29, 0.717) is 53.5 Å². The average molecular weight is 538 g/mol. The zero-order valence-corrected chi connectivity index (χ0v) is 21.3. The molecule has 0 bridgehead atoms. The zero-order chi connectivity index (χ0) is 26.8. The fourth-order valence-corrected chi connectivity index (χ4v) is 5.56. The Morgan fingerprint density at radius 3 is 2.41 bits per heavy atom. The second-order valence-corrected chi connectivity index (χ2v) is 10.2. The van der Waals surface area contributed by atoms with Gasteiger partial charge in [-0.05, 0) is 67.2 Å². The number of halogens is 4. The van der Waals surface area contributed by atoms with Gasteiger partial charge in [-0.1, -0.05) is 41.9 Å². The summed E-state index contributed by atoms with van der Waals surface area (Å²) in [5, 5.41) is 2.85. The van der Waals surface area contributed by atoms with Crippen LogP contribution in [0.3, 0.4) is 0 Å². The highest BCUT2D eigenvalue weighted by Gasteiger charge is 2.60. The van der Waals surface area contributed by atoms with E-state index in [2.05, 4.69) is 5.32 Å². The molecule has 3 N–H and O–H groups in total. The average Bonchev–Trinajstić information content (AvgIpc) is 3.67. The van der Waals surface area contributed by atoms with Gasteiger partial charge in [0, 0.05) is 20.1 Å². The maximum absolute atomic E-state index is 14.0. The van der Waals surface area contributed by atoms with Gasteiger partial charge in [-0.25, -0.2) is 0 Å². The molecule has 200 valence electrons. The smallest absolute Gasteiger partial charge is 0.419 e. The maximum atomic E-state index is 14.0. The van der Waals surface area contributed by atoms with Gasteiger partial charge in [-0.3, -0.25) is 9.59 Å². The minimum Gasteiger partial charge on any atom is -0.494 e. The van der Waals surface area contributed by atoms with E-state index < -0.39 is 17.6 Å². The van der Waals surface area contributed by atoms with Crippen LogP contribution in [0.4, 0.5) is 13.2 Å². The Balaban J connectivity index is 1.26. The number of hydrogen-bond acceptors (Lipinski definition) is 4. The van der Waals surface area contributed by atoms with Gasteiger partial charge in [0.15, 0.2) is 0 Å². The molecule has 10 heteroatoms. The molecule has 37 heavy (non-hydrogen) atoms. The monoisotopic (exact) mass is 537 g/mol. The van der Waals surface area contributed by atoms with E-state index in [1.165, 1.54) is 36.2 Å². The summed E-state index contributed by atoms with van der Waals surface area (Å²) in [6, 6.07) is 11.9. The van der Waals surface area contributed by atoms with Crippen LogP contribution in [0.1, 0.15) is 41.6 Å². The van der Waals surface area contributed by atoms with Crippen LogP contribution in [-0.2, 0) is 10.3 Å². The number of hydrogen-bond donors (Lipinski definition) is 2. The molecule has 0 radical (unpaired) electrons. The van der Waals surface area contributed by atoms with Gasteiger partial charge >= 0.3 is 6.18 Å². The normalized spacial score (nSPS) is 21.7. The first-order chi connectivity index (χ1) is 17.6. The lowest BCUT2D eigenvalue weighted by Crippen LogP contribution is -2.62. The van der Waals surface area contributed by atoms with Crippen molar-refractivity contribution in [1.82, 2.24) is 10.2 Å². The van der Waals surface area contributed by atoms with Gasteiger partial charge in [0.2, 0.25) is 5.54 Å². The number of amides is 2. The lowest BCUT2D eigenvalue weighted by Gasteiger charge is -2.39. The summed E-state index contributed by atoms with van der Waals surface area (Å²) in [7, 11) is 1.54. The van der Waals surface area contributed by atoms with E-state index in [4.69, 9.17) is 22.1 Å². The van der Waals surface area contributed by atoms with Crippen molar-refractivity contribution < 1.29 is 27.5 Å². The highest BCUT2D eigenvalue weighted by atomic mass is 35.5. The van der Waals surface area contributed by atoms with Crippen molar-refractivity contribution in [3.8, 4) is 5.75 Å². The van der Waals surface area contributed by atoms with Gasteiger partial charge < -0.3 is 20.7 Å². The van der Waals surface area contributed by atoms with Gasteiger partial charge in [0.1, 0.15) is 5.75 Å². The van der Waals surface area contributed by atoms with E-state index in [0.717, 1.165) is 12.8 Å². The molecule has 1 saturated carbocycles. The predicted molar refractivity (Wildman–Crippen MR) is 134 cm³/mol. The second kappa shape index (κ2) is 10.9. The highest BCUT2D eigenvalue weighted by Crippen LogP contribution is 2.50. The number of carbonyl (C=O) groups is 2. The molecule has 1 aliphatic heterocycles. The summed E-state index contributed by atoms with van der Waals surface area (Å²) < 4.78 is 47.8. The molecule has 2 amide bonds. The van der Waals surface area contributed by atoms with Crippen LogP contribution in [0.2, 0.25) is 5.02 Å². The Hall–Kier alpha value is -2.78. The summed E-state index contributed by atoms with van der Waals surface area (Å²) in [6.45, 7) is 1.04. The summed E-state index contributed by atoms with van der Waals surface area (Å²) in [5.41, 5.74) is 2.87. The molecule has 0 unspecified atom stereocenters. The van der Waals surface area contributed by atoms with Crippen molar-refractivity contribution in [3.05, 3.63) is 64.7 Å². The summed E-state index contributed by atoms with van der Waals surface area (Å²) in [4.78, 5) is 26.0. The Kier molecular flexibility index (Phi) is 8.04. The number of nitrogens with two attached hydrogens (primary N) is 1. The quantitative estimate of drug-likeness (QED) is 0.508. The molecule has 3 atom stereocenters. The Morgan fingerprint density at radius 2 is 1.81 bits per heavy atom. The standard InChI is InChI=1S/C27H31ClF3N3O3/c1-33-24(35)21-8-7-20(16-23(21)28)37-14-11-18-15-22(18)17-9-12-34(13-10-17)25(36)26(32,27(29,30)31)19-5-3-2-4-6-19/h2-8,16-18,22H,9-15,32H2,1H3,(H,33,35)/t18-,22-,26-/m1/s1. The lowest BCUT2D eigenvalue weighted by atomic mass is 9.86. The summed E-state index contributed by atoms with van der Waals surface area (Å²) >= 11 is 6.16. The van der Waals surface area contributed by atoms with Gasteiger partial charge in [0.05, 0.1) is 17.2 Å². The summed E-state index contributed by atoms with van der Waals surface area (Å²) in [6.07, 6.45) is -1.69. The zero-order valence-electron chi connectivity index (χ0n) is 20.6.